The lowest BCUT2D eigenvalue weighted by Crippen LogP contribution is -2.27. The molecule has 0 bridgehead atoms. The summed E-state index contributed by atoms with van der Waals surface area (Å²) in [5.74, 6) is 0.479. The Morgan fingerprint density at radius 3 is 2.42 bits per heavy atom. The van der Waals surface area contributed by atoms with Gasteiger partial charge in [-0.2, -0.15) is 0 Å². The third kappa shape index (κ3) is 4.45. The van der Waals surface area contributed by atoms with Gasteiger partial charge in [0.05, 0.1) is 18.3 Å². The quantitative estimate of drug-likeness (QED) is 0.491. The van der Waals surface area contributed by atoms with Crippen LogP contribution < -0.4 is 10.1 Å². The van der Waals surface area contributed by atoms with Gasteiger partial charge in [-0.15, -0.1) is 5.10 Å². The van der Waals surface area contributed by atoms with Crippen LogP contribution in [0.15, 0.2) is 79.1 Å². The smallest absolute Gasteiger partial charge is 0.274 e. The molecule has 7 heteroatoms. The molecule has 4 aromatic rings. The highest BCUT2D eigenvalue weighted by Gasteiger charge is 2.23. The second kappa shape index (κ2) is 9.21. The van der Waals surface area contributed by atoms with E-state index in [9.17, 15) is 4.79 Å². The Balaban J connectivity index is 1.70. The first-order chi connectivity index (χ1) is 15.2. The largest absolute Gasteiger partial charge is 0.494 e. The highest BCUT2D eigenvalue weighted by Crippen LogP contribution is 2.26. The fourth-order valence-corrected chi connectivity index (χ4v) is 3.32. The average molecular weight is 413 g/mol. The first-order valence-electron chi connectivity index (χ1n) is 10.1. The fraction of sp³-hybridized carbons (Fsp3) is 0.167. The zero-order valence-corrected chi connectivity index (χ0v) is 17.4. The molecule has 0 saturated carbocycles. The molecule has 0 radical (unpaired) electrons. The molecule has 2 heterocycles. The number of aromatic nitrogens is 4. The number of pyridine rings is 1. The highest BCUT2D eigenvalue weighted by molar-refractivity contribution is 5.98. The molecule has 0 aliphatic rings. The van der Waals surface area contributed by atoms with E-state index in [1.165, 1.54) is 0 Å². The minimum Gasteiger partial charge on any atom is -0.494 e. The molecule has 0 aliphatic heterocycles. The highest BCUT2D eigenvalue weighted by atomic mass is 16.5. The molecule has 1 amide bonds. The molecule has 0 saturated heterocycles. The van der Waals surface area contributed by atoms with Crippen LogP contribution in [0.2, 0.25) is 0 Å². The van der Waals surface area contributed by atoms with Crippen molar-refractivity contribution >= 4 is 5.91 Å². The predicted octanol–water partition coefficient (Wildman–Crippen LogP) is 4.22. The van der Waals surface area contributed by atoms with Gasteiger partial charge >= 0.3 is 0 Å². The molecule has 0 fully saturated rings. The Kier molecular flexibility index (Phi) is 6.03. The number of nitrogens with one attached hydrogen (secondary N) is 1. The number of ether oxygens (including phenoxy) is 1. The first-order valence-corrected chi connectivity index (χ1v) is 10.1. The summed E-state index contributed by atoms with van der Waals surface area (Å²) in [5, 5.41) is 11.5. The van der Waals surface area contributed by atoms with E-state index in [0.717, 1.165) is 22.6 Å². The number of benzene rings is 2. The van der Waals surface area contributed by atoms with Crippen LogP contribution in [0.1, 0.15) is 35.9 Å². The number of amides is 1. The van der Waals surface area contributed by atoms with Crippen LogP contribution in [0.4, 0.5) is 0 Å². The fourth-order valence-electron chi connectivity index (χ4n) is 3.32. The predicted molar refractivity (Wildman–Crippen MR) is 118 cm³/mol. The summed E-state index contributed by atoms with van der Waals surface area (Å²) in [6.07, 6.45) is 3.36. The van der Waals surface area contributed by atoms with Crippen LogP contribution in [0.5, 0.6) is 5.75 Å². The van der Waals surface area contributed by atoms with Crippen molar-refractivity contribution in [1.82, 2.24) is 25.3 Å². The van der Waals surface area contributed by atoms with Gasteiger partial charge in [-0.05, 0) is 55.8 Å². The second-order valence-electron chi connectivity index (χ2n) is 6.97. The van der Waals surface area contributed by atoms with Gasteiger partial charge in [0.2, 0.25) is 0 Å². The minimum absolute atomic E-state index is 0.172. The topological polar surface area (TPSA) is 81.9 Å². The van der Waals surface area contributed by atoms with Crippen molar-refractivity contribution < 1.29 is 9.53 Å². The second-order valence-corrected chi connectivity index (χ2v) is 6.97. The number of hydrogen-bond donors (Lipinski definition) is 1. The summed E-state index contributed by atoms with van der Waals surface area (Å²) in [5.41, 5.74) is 3.44. The number of hydrogen-bond acceptors (Lipinski definition) is 5. The van der Waals surface area contributed by atoms with Crippen LogP contribution in [0.25, 0.3) is 16.9 Å². The van der Waals surface area contributed by atoms with E-state index in [0.29, 0.717) is 12.3 Å². The Labute approximate surface area is 180 Å². The van der Waals surface area contributed by atoms with E-state index in [4.69, 9.17) is 4.74 Å². The SMILES string of the molecule is CCOc1ccc(-n2nnc(C(=O)N[C@H](C)c3ccccc3)c2-c2ccncc2)cc1. The molecule has 0 unspecified atom stereocenters. The molecule has 1 N–H and O–H groups in total. The van der Waals surface area contributed by atoms with E-state index in [-0.39, 0.29) is 17.6 Å². The molecule has 31 heavy (non-hydrogen) atoms. The van der Waals surface area contributed by atoms with Crippen molar-refractivity contribution in [3.63, 3.8) is 0 Å². The molecule has 7 nitrogen and oxygen atoms in total. The average Bonchev–Trinajstić information content (AvgIpc) is 3.26. The molecule has 4 rings (SSSR count). The molecular weight excluding hydrogens is 390 g/mol. The lowest BCUT2D eigenvalue weighted by Gasteiger charge is -2.14. The van der Waals surface area contributed by atoms with Crippen LogP contribution in [-0.2, 0) is 0 Å². The summed E-state index contributed by atoms with van der Waals surface area (Å²) in [4.78, 5) is 17.2. The van der Waals surface area contributed by atoms with Crippen LogP contribution in [0.3, 0.4) is 0 Å². The molecule has 156 valence electrons. The van der Waals surface area contributed by atoms with Crippen molar-refractivity contribution in [2.24, 2.45) is 0 Å². The lowest BCUT2D eigenvalue weighted by molar-refractivity contribution is 0.0935. The van der Waals surface area contributed by atoms with E-state index < -0.39 is 0 Å². The van der Waals surface area contributed by atoms with E-state index in [1.807, 2.05) is 80.6 Å². The summed E-state index contributed by atoms with van der Waals surface area (Å²) in [6.45, 7) is 4.47. The standard InChI is InChI=1S/C24H23N5O2/c1-3-31-21-11-9-20(10-12-21)29-23(19-13-15-25-16-14-19)22(27-28-29)24(30)26-17(2)18-7-5-4-6-8-18/h4-17H,3H2,1-2H3,(H,26,30)/t17-/m1/s1. The number of nitrogens with zero attached hydrogens (tertiary/aromatic N) is 4. The van der Waals surface area contributed by atoms with Gasteiger partial charge in [0.1, 0.15) is 11.4 Å². The van der Waals surface area contributed by atoms with Crippen molar-refractivity contribution in [2.75, 3.05) is 6.61 Å². The first kappa shape index (κ1) is 20.3. The number of rotatable bonds is 7. The summed E-state index contributed by atoms with van der Waals surface area (Å²) >= 11 is 0. The zero-order chi connectivity index (χ0) is 21.6. The third-order valence-corrected chi connectivity index (χ3v) is 4.88. The zero-order valence-electron chi connectivity index (χ0n) is 17.4. The Bertz CT molecular complexity index is 1140. The molecule has 0 aliphatic carbocycles. The molecule has 2 aromatic heterocycles. The van der Waals surface area contributed by atoms with E-state index in [2.05, 4.69) is 20.6 Å². The number of carbonyl (C=O) groups is 1. The van der Waals surface area contributed by atoms with Gasteiger partial charge < -0.3 is 10.1 Å². The van der Waals surface area contributed by atoms with Gasteiger partial charge in [-0.1, -0.05) is 35.5 Å². The minimum atomic E-state index is -0.291. The van der Waals surface area contributed by atoms with Gasteiger partial charge in [0.25, 0.3) is 5.91 Å². The van der Waals surface area contributed by atoms with Crippen LogP contribution in [0, 0.1) is 0 Å². The molecule has 2 aromatic carbocycles. The molecular formula is C24H23N5O2. The van der Waals surface area contributed by atoms with Gasteiger partial charge in [0.15, 0.2) is 5.69 Å². The van der Waals surface area contributed by atoms with Crippen LogP contribution in [-0.4, -0.2) is 32.5 Å². The summed E-state index contributed by atoms with van der Waals surface area (Å²) in [7, 11) is 0. The monoisotopic (exact) mass is 413 g/mol. The summed E-state index contributed by atoms with van der Waals surface area (Å²) in [6, 6.07) is 20.8. The third-order valence-electron chi connectivity index (χ3n) is 4.88. The van der Waals surface area contributed by atoms with Crippen molar-refractivity contribution in [3.8, 4) is 22.7 Å². The Morgan fingerprint density at radius 2 is 1.74 bits per heavy atom. The maximum Gasteiger partial charge on any atom is 0.274 e. The van der Waals surface area contributed by atoms with Gasteiger partial charge in [0, 0.05) is 18.0 Å². The summed E-state index contributed by atoms with van der Waals surface area (Å²) < 4.78 is 7.18. The maximum absolute atomic E-state index is 13.1. The van der Waals surface area contributed by atoms with Crippen molar-refractivity contribution in [1.29, 1.82) is 0 Å². The molecule has 1 atom stereocenters. The van der Waals surface area contributed by atoms with Gasteiger partial charge in [-0.25, -0.2) is 4.68 Å². The van der Waals surface area contributed by atoms with E-state index >= 15 is 0 Å². The lowest BCUT2D eigenvalue weighted by atomic mass is 10.1. The number of carbonyl (C=O) groups excluding carboxylic acids is 1. The van der Waals surface area contributed by atoms with Crippen molar-refractivity contribution in [2.45, 2.75) is 19.9 Å². The van der Waals surface area contributed by atoms with E-state index in [1.54, 1.807) is 17.1 Å². The van der Waals surface area contributed by atoms with Gasteiger partial charge in [-0.3, -0.25) is 9.78 Å². The Morgan fingerprint density at radius 1 is 1.03 bits per heavy atom. The van der Waals surface area contributed by atoms with Crippen molar-refractivity contribution in [3.05, 3.63) is 90.4 Å². The normalized spacial score (nSPS) is 11.7. The molecule has 0 spiro atoms. The van der Waals surface area contributed by atoms with Crippen LogP contribution >= 0.6 is 0 Å². The Hall–Kier alpha value is -4.00. The maximum atomic E-state index is 13.1.